The number of nitrogens with one attached hydrogen (secondary N) is 1. The zero-order valence-corrected chi connectivity index (χ0v) is 15.3. The van der Waals surface area contributed by atoms with Crippen molar-refractivity contribution >= 4 is 23.0 Å². The average molecular weight is 368 g/mol. The summed E-state index contributed by atoms with van der Waals surface area (Å²) in [7, 11) is 0. The summed E-state index contributed by atoms with van der Waals surface area (Å²) in [5.74, 6) is 0.750. The Morgan fingerprint density at radius 3 is 2.93 bits per heavy atom. The van der Waals surface area contributed by atoms with Crippen LogP contribution in [0.15, 0.2) is 30.5 Å². The Morgan fingerprint density at radius 1 is 1.26 bits per heavy atom. The predicted molar refractivity (Wildman–Crippen MR) is 101 cm³/mol. The van der Waals surface area contributed by atoms with Crippen LogP contribution >= 0.6 is 0 Å². The Hall–Kier alpha value is -2.74. The molecule has 1 N–H and O–H groups in total. The van der Waals surface area contributed by atoms with E-state index in [-0.39, 0.29) is 6.10 Å². The summed E-state index contributed by atoms with van der Waals surface area (Å²) in [5, 5.41) is 16.5. The smallest absolute Gasteiger partial charge is 0.238 e. The van der Waals surface area contributed by atoms with Crippen LogP contribution in [0.1, 0.15) is 44.3 Å². The molecule has 0 bridgehead atoms. The van der Waals surface area contributed by atoms with E-state index in [2.05, 4.69) is 37.5 Å². The van der Waals surface area contributed by atoms with E-state index in [9.17, 15) is 4.79 Å². The van der Waals surface area contributed by atoms with E-state index in [1.807, 2.05) is 18.2 Å². The lowest BCUT2D eigenvalue weighted by Gasteiger charge is -2.21. The SMILES string of the molecule is O=CN(OC1CCCC1)c1ccc2ccn(CCCCc3nn[nH]n3)c2c1. The van der Waals surface area contributed by atoms with Gasteiger partial charge in [0.05, 0.1) is 17.3 Å². The van der Waals surface area contributed by atoms with Crippen molar-refractivity contribution in [3.05, 3.63) is 36.3 Å². The minimum absolute atomic E-state index is 0.142. The number of carbonyl (C=O) groups excluding carboxylic acids is 1. The van der Waals surface area contributed by atoms with Crippen LogP contribution in [0, 0.1) is 0 Å². The molecule has 1 fully saturated rings. The first-order chi connectivity index (χ1) is 13.3. The number of carbonyl (C=O) groups is 1. The maximum Gasteiger partial charge on any atom is 0.238 e. The Balaban J connectivity index is 1.42. The zero-order valence-electron chi connectivity index (χ0n) is 15.3. The average Bonchev–Trinajstić information content (AvgIpc) is 3.45. The predicted octanol–water partition coefficient (Wildman–Crippen LogP) is 3.01. The second-order valence-corrected chi connectivity index (χ2v) is 6.98. The standard InChI is InChI=1S/C19H24N6O2/c26-14-25(27-17-5-1-2-6-17)16-9-8-15-10-12-24(18(15)13-16)11-4-3-7-19-20-22-23-21-19/h8-10,12-14,17H,1-7,11H2,(H,20,21,22,23). The summed E-state index contributed by atoms with van der Waals surface area (Å²) < 4.78 is 2.22. The summed E-state index contributed by atoms with van der Waals surface area (Å²) >= 11 is 0. The molecule has 1 aromatic carbocycles. The zero-order chi connectivity index (χ0) is 18.5. The van der Waals surface area contributed by atoms with Crippen LogP contribution < -0.4 is 5.06 Å². The number of aromatic nitrogens is 5. The van der Waals surface area contributed by atoms with Crippen molar-refractivity contribution in [1.82, 2.24) is 25.2 Å². The van der Waals surface area contributed by atoms with Crippen molar-refractivity contribution in [2.45, 2.75) is 57.6 Å². The number of fused-ring (bicyclic) bond motifs is 1. The molecule has 1 saturated carbocycles. The van der Waals surface area contributed by atoms with Gasteiger partial charge in [0.25, 0.3) is 0 Å². The molecular formula is C19H24N6O2. The lowest BCUT2D eigenvalue weighted by Crippen LogP contribution is -2.27. The van der Waals surface area contributed by atoms with Gasteiger partial charge in [-0.05, 0) is 49.3 Å². The summed E-state index contributed by atoms with van der Waals surface area (Å²) in [6.45, 7) is 0.898. The van der Waals surface area contributed by atoms with Crippen molar-refractivity contribution in [2.24, 2.45) is 0 Å². The van der Waals surface area contributed by atoms with E-state index in [0.717, 1.165) is 67.5 Å². The van der Waals surface area contributed by atoms with Crippen LogP contribution in [-0.4, -0.2) is 37.7 Å². The fourth-order valence-electron chi connectivity index (χ4n) is 3.66. The molecular weight excluding hydrogens is 344 g/mol. The number of hydrogen-bond donors (Lipinski definition) is 1. The molecule has 1 aliphatic rings. The third kappa shape index (κ3) is 4.16. The number of amides is 1. The molecule has 2 aromatic heterocycles. The van der Waals surface area contributed by atoms with Crippen molar-refractivity contribution in [3.8, 4) is 0 Å². The van der Waals surface area contributed by atoms with Crippen LogP contribution in [0.3, 0.4) is 0 Å². The maximum atomic E-state index is 11.6. The van der Waals surface area contributed by atoms with Crippen molar-refractivity contribution in [3.63, 3.8) is 0 Å². The fraction of sp³-hybridized carbons (Fsp3) is 0.474. The first-order valence-electron chi connectivity index (χ1n) is 9.56. The fourth-order valence-corrected chi connectivity index (χ4v) is 3.66. The van der Waals surface area contributed by atoms with E-state index in [1.165, 1.54) is 17.9 Å². The number of nitrogens with zero attached hydrogens (tertiary/aromatic N) is 5. The van der Waals surface area contributed by atoms with Gasteiger partial charge in [-0.15, -0.1) is 10.2 Å². The summed E-state index contributed by atoms with van der Waals surface area (Å²) in [4.78, 5) is 17.4. The lowest BCUT2D eigenvalue weighted by molar-refractivity contribution is -0.116. The van der Waals surface area contributed by atoms with Gasteiger partial charge in [0, 0.05) is 19.2 Å². The number of aromatic amines is 1. The number of aryl methyl sites for hydroxylation is 2. The van der Waals surface area contributed by atoms with Gasteiger partial charge in [-0.1, -0.05) is 24.1 Å². The van der Waals surface area contributed by atoms with E-state index in [4.69, 9.17) is 4.84 Å². The number of tetrazole rings is 1. The Morgan fingerprint density at radius 2 is 2.15 bits per heavy atom. The van der Waals surface area contributed by atoms with E-state index >= 15 is 0 Å². The van der Waals surface area contributed by atoms with Crippen molar-refractivity contribution in [1.29, 1.82) is 0 Å². The summed E-state index contributed by atoms with van der Waals surface area (Å²) in [5.41, 5.74) is 1.88. The summed E-state index contributed by atoms with van der Waals surface area (Å²) in [6, 6.07) is 8.10. The van der Waals surface area contributed by atoms with Crippen LogP contribution in [0.4, 0.5) is 5.69 Å². The van der Waals surface area contributed by atoms with Crippen molar-refractivity contribution < 1.29 is 9.63 Å². The molecule has 1 amide bonds. The maximum absolute atomic E-state index is 11.6. The molecule has 8 nitrogen and oxygen atoms in total. The third-order valence-electron chi connectivity index (χ3n) is 5.11. The topological polar surface area (TPSA) is 88.9 Å². The highest BCUT2D eigenvalue weighted by molar-refractivity contribution is 5.86. The second-order valence-electron chi connectivity index (χ2n) is 6.98. The summed E-state index contributed by atoms with van der Waals surface area (Å²) in [6.07, 6.45) is 10.2. The Kier molecular flexibility index (Phi) is 5.43. The van der Waals surface area contributed by atoms with Gasteiger partial charge in [-0.3, -0.25) is 9.63 Å². The monoisotopic (exact) mass is 368 g/mol. The van der Waals surface area contributed by atoms with Gasteiger partial charge in [0.1, 0.15) is 0 Å². The number of hydroxylamine groups is 1. The molecule has 142 valence electrons. The first-order valence-corrected chi connectivity index (χ1v) is 9.56. The highest BCUT2D eigenvalue weighted by Crippen LogP contribution is 2.27. The quantitative estimate of drug-likeness (QED) is 0.356. The molecule has 0 saturated heterocycles. The minimum atomic E-state index is 0.142. The Labute approximate surface area is 157 Å². The van der Waals surface area contributed by atoms with Gasteiger partial charge in [0.2, 0.25) is 6.41 Å². The molecule has 0 unspecified atom stereocenters. The number of rotatable bonds is 9. The normalized spacial score (nSPS) is 14.8. The molecule has 3 aromatic rings. The Bertz CT molecular complexity index is 870. The molecule has 8 heteroatoms. The molecule has 1 aliphatic carbocycles. The number of anilines is 1. The van der Waals surface area contributed by atoms with Gasteiger partial charge >= 0.3 is 0 Å². The highest BCUT2D eigenvalue weighted by Gasteiger charge is 2.20. The third-order valence-corrected chi connectivity index (χ3v) is 5.11. The molecule has 0 aliphatic heterocycles. The van der Waals surface area contributed by atoms with Gasteiger partial charge in [0.15, 0.2) is 5.82 Å². The molecule has 27 heavy (non-hydrogen) atoms. The van der Waals surface area contributed by atoms with Gasteiger partial charge < -0.3 is 4.57 Å². The van der Waals surface area contributed by atoms with Crippen molar-refractivity contribution in [2.75, 3.05) is 5.06 Å². The van der Waals surface area contributed by atoms with Crippen LogP contribution in [-0.2, 0) is 22.6 Å². The molecule has 2 heterocycles. The lowest BCUT2D eigenvalue weighted by atomic mass is 10.2. The van der Waals surface area contributed by atoms with Gasteiger partial charge in [-0.25, -0.2) is 0 Å². The van der Waals surface area contributed by atoms with E-state index in [0.29, 0.717) is 0 Å². The molecule has 0 spiro atoms. The molecule has 4 rings (SSSR count). The number of benzene rings is 1. The highest BCUT2D eigenvalue weighted by atomic mass is 16.7. The first kappa shape index (κ1) is 17.7. The largest absolute Gasteiger partial charge is 0.347 e. The minimum Gasteiger partial charge on any atom is -0.347 e. The van der Waals surface area contributed by atoms with Crippen LogP contribution in [0.5, 0.6) is 0 Å². The number of unbranched alkanes of at least 4 members (excludes halogenated alkanes) is 1. The molecule has 0 radical (unpaired) electrons. The second kappa shape index (κ2) is 8.30. The number of hydrogen-bond acceptors (Lipinski definition) is 5. The molecule has 0 atom stereocenters. The van der Waals surface area contributed by atoms with Crippen LogP contribution in [0.2, 0.25) is 0 Å². The van der Waals surface area contributed by atoms with Crippen LogP contribution in [0.25, 0.3) is 10.9 Å². The number of H-pyrrole nitrogens is 1. The van der Waals surface area contributed by atoms with Gasteiger partial charge in [-0.2, -0.15) is 10.3 Å². The van der Waals surface area contributed by atoms with E-state index < -0.39 is 0 Å². The van der Waals surface area contributed by atoms with E-state index in [1.54, 1.807) is 0 Å².